The van der Waals surface area contributed by atoms with Crippen LogP contribution in [0.2, 0.25) is 0 Å². The monoisotopic (exact) mass is 569 g/mol. The van der Waals surface area contributed by atoms with E-state index in [-0.39, 0.29) is 30.1 Å². The smallest absolute Gasteiger partial charge is 0.193 e. The van der Waals surface area contributed by atoms with Crippen molar-refractivity contribution in [3.8, 4) is 5.75 Å². The van der Waals surface area contributed by atoms with Crippen molar-refractivity contribution >= 4 is 45.9 Å². The van der Waals surface area contributed by atoms with Gasteiger partial charge in [-0.15, -0.1) is 24.0 Å². The number of hydrogen-bond donors (Lipinski definition) is 1. The van der Waals surface area contributed by atoms with Crippen molar-refractivity contribution in [1.82, 2.24) is 10.2 Å². The Morgan fingerprint density at radius 1 is 1.29 bits per heavy atom. The standard InChI is InChI=1S/C20H32BrN3O3.HI/c1-16(27-19-8-5-4-7-18(19)21)15-23-20(22-2)24-11-9-17(10-12-24)26-14-6-13-25-3;/h4-5,7-8,16-17H,6,9-15H2,1-3H3,(H,22,23);1H. The van der Waals surface area contributed by atoms with Crippen molar-refractivity contribution in [3.63, 3.8) is 0 Å². The van der Waals surface area contributed by atoms with Crippen molar-refractivity contribution in [1.29, 1.82) is 0 Å². The van der Waals surface area contributed by atoms with E-state index in [4.69, 9.17) is 14.2 Å². The summed E-state index contributed by atoms with van der Waals surface area (Å²) in [5.41, 5.74) is 0. The Kier molecular flexibility index (Phi) is 13.1. The quantitative estimate of drug-likeness (QED) is 0.211. The van der Waals surface area contributed by atoms with Gasteiger partial charge in [-0.1, -0.05) is 12.1 Å². The molecule has 0 bridgehead atoms. The number of nitrogens with one attached hydrogen (secondary N) is 1. The fourth-order valence-electron chi connectivity index (χ4n) is 3.05. The number of piperidine rings is 1. The van der Waals surface area contributed by atoms with Gasteiger partial charge in [0.25, 0.3) is 0 Å². The summed E-state index contributed by atoms with van der Waals surface area (Å²) in [6.07, 6.45) is 3.37. The SMILES string of the molecule is CN=C(NCC(C)Oc1ccccc1Br)N1CCC(OCCCOC)CC1.I. The summed E-state index contributed by atoms with van der Waals surface area (Å²) in [4.78, 5) is 6.72. The van der Waals surface area contributed by atoms with Crippen LogP contribution in [-0.2, 0) is 9.47 Å². The molecule has 0 spiro atoms. The Hall–Kier alpha value is -0.580. The second kappa shape index (κ2) is 14.4. The number of benzene rings is 1. The van der Waals surface area contributed by atoms with E-state index in [1.165, 1.54) is 0 Å². The molecule has 1 atom stereocenters. The molecule has 1 saturated heterocycles. The Bertz CT molecular complexity index is 584. The zero-order chi connectivity index (χ0) is 19.5. The summed E-state index contributed by atoms with van der Waals surface area (Å²) in [6, 6.07) is 7.90. The first-order valence-electron chi connectivity index (χ1n) is 9.61. The minimum absolute atomic E-state index is 0. The summed E-state index contributed by atoms with van der Waals surface area (Å²) >= 11 is 3.52. The summed E-state index contributed by atoms with van der Waals surface area (Å²) < 4.78 is 18.0. The van der Waals surface area contributed by atoms with Crippen LogP contribution in [0.5, 0.6) is 5.75 Å². The van der Waals surface area contributed by atoms with Crippen LogP contribution in [0.1, 0.15) is 26.2 Å². The molecule has 0 saturated carbocycles. The molecule has 1 unspecified atom stereocenters. The summed E-state index contributed by atoms with van der Waals surface area (Å²) in [7, 11) is 3.55. The maximum Gasteiger partial charge on any atom is 0.193 e. The molecule has 1 aliphatic rings. The molecule has 8 heteroatoms. The van der Waals surface area contributed by atoms with E-state index in [1.807, 2.05) is 31.3 Å². The van der Waals surface area contributed by atoms with E-state index >= 15 is 0 Å². The van der Waals surface area contributed by atoms with Gasteiger partial charge in [-0.3, -0.25) is 4.99 Å². The molecule has 0 amide bonds. The molecule has 1 aromatic carbocycles. The van der Waals surface area contributed by atoms with E-state index in [2.05, 4.69) is 38.1 Å². The van der Waals surface area contributed by atoms with Gasteiger partial charge < -0.3 is 24.4 Å². The van der Waals surface area contributed by atoms with Gasteiger partial charge in [-0.05, 0) is 54.2 Å². The molecule has 0 radical (unpaired) electrons. The first-order chi connectivity index (χ1) is 13.1. The van der Waals surface area contributed by atoms with Crippen LogP contribution in [0.25, 0.3) is 0 Å². The van der Waals surface area contributed by atoms with Crippen molar-refractivity contribution in [2.24, 2.45) is 4.99 Å². The van der Waals surface area contributed by atoms with Gasteiger partial charge in [0, 0.05) is 40.5 Å². The van der Waals surface area contributed by atoms with Crippen LogP contribution in [-0.4, -0.2) is 70.1 Å². The number of para-hydroxylation sites is 1. The average Bonchev–Trinajstić information content (AvgIpc) is 2.68. The topological polar surface area (TPSA) is 55.3 Å². The number of methoxy groups -OCH3 is 1. The number of likely N-dealkylation sites (tertiary alicyclic amines) is 1. The van der Waals surface area contributed by atoms with E-state index in [1.54, 1.807) is 7.11 Å². The number of hydrogen-bond acceptors (Lipinski definition) is 4. The molecule has 160 valence electrons. The first kappa shape index (κ1) is 25.5. The van der Waals surface area contributed by atoms with E-state index in [0.29, 0.717) is 12.6 Å². The highest BCUT2D eigenvalue weighted by molar-refractivity contribution is 14.0. The zero-order valence-corrected chi connectivity index (χ0v) is 20.9. The van der Waals surface area contributed by atoms with Crippen LogP contribution in [0, 0.1) is 0 Å². The van der Waals surface area contributed by atoms with E-state index < -0.39 is 0 Å². The largest absolute Gasteiger partial charge is 0.488 e. The molecule has 1 fully saturated rings. The normalized spacial score (nSPS) is 16.4. The summed E-state index contributed by atoms with van der Waals surface area (Å²) in [5, 5.41) is 3.43. The third-order valence-electron chi connectivity index (χ3n) is 4.51. The molecule has 1 heterocycles. The van der Waals surface area contributed by atoms with Gasteiger partial charge in [0.1, 0.15) is 11.9 Å². The lowest BCUT2D eigenvalue weighted by Gasteiger charge is -2.34. The Labute approximate surface area is 194 Å². The van der Waals surface area contributed by atoms with Gasteiger partial charge in [-0.25, -0.2) is 0 Å². The molecule has 2 rings (SSSR count). The van der Waals surface area contributed by atoms with Crippen LogP contribution in [0.3, 0.4) is 0 Å². The highest BCUT2D eigenvalue weighted by Gasteiger charge is 2.22. The highest BCUT2D eigenvalue weighted by atomic mass is 127. The van der Waals surface area contributed by atoms with Gasteiger partial charge in [0.15, 0.2) is 5.96 Å². The summed E-state index contributed by atoms with van der Waals surface area (Å²) in [5.74, 6) is 1.78. The molecule has 1 aromatic rings. The van der Waals surface area contributed by atoms with Gasteiger partial charge in [0.05, 0.1) is 17.1 Å². The average molecular weight is 570 g/mol. The molecule has 0 aromatic heterocycles. The van der Waals surface area contributed by atoms with Crippen molar-refractivity contribution in [2.75, 3.05) is 47.0 Å². The fraction of sp³-hybridized carbons (Fsp3) is 0.650. The third kappa shape index (κ3) is 8.84. The predicted octanol–water partition coefficient (Wildman–Crippen LogP) is 3.93. The van der Waals surface area contributed by atoms with Crippen molar-refractivity contribution in [3.05, 3.63) is 28.7 Å². The Morgan fingerprint density at radius 3 is 2.64 bits per heavy atom. The van der Waals surface area contributed by atoms with Gasteiger partial charge in [-0.2, -0.15) is 0 Å². The lowest BCUT2D eigenvalue weighted by atomic mass is 10.1. The highest BCUT2D eigenvalue weighted by Crippen LogP contribution is 2.24. The Balaban J connectivity index is 0.00000392. The molecule has 1 N–H and O–H groups in total. The van der Waals surface area contributed by atoms with Crippen LogP contribution >= 0.6 is 39.9 Å². The van der Waals surface area contributed by atoms with Gasteiger partial charge in [0.2, 0.25) is 0 Å². The Morgan fingerprint density at radius 2 is 2.00 bits per heavy atom. The first-order valence-corrected chi connectivity index (χ1v) is 10.4. The van der Waals surface area contributed by atoms with Crippen molar-refractivity contribution < 1.29 is 14.2 Å². The number of halogens is 2. The number of guanidine groups is 1. The maximum atomic E-state index is 6.00. The predicted molar refractivity (Wildman–Crippen MR) is 128 cm³/mol. The fourth-order valence-corrected chi connectivity index (χ4v) is 3.43. The lowest BCUT2D eigenvalue weighted by molar-refractivity contribution is 0.00984. The third-order valence-corrected chi connectivity index (χ3v) is 5.17. The molecular formula is C20H33BrIN3O3. The zero-order valence-electron chi connectivity index (χ0n) is 17.0. The maximum absolute atomic E-state index is 6.00. The number of rotatable bonds is 9. The van der Waals surface area contributed by atoms with Gasteiger partial charge >= 0.3 is 0 Å². The van der Waals surface area contributed by atoms with Crippen LogP contribution < -0.4 is 10.1 Å². The van der Waals surface area contributed by atoms with E-state index in [9.17, 15) is 0 Å². The number of aliphatic imine (C=N–C) groups is 1. The minimum atomic E-state index is 0. The van der Waals surface area contributed by atoms with E-state index in [0.717, 1.165) is 61.7 Å². The molecule has 1 aliphatic heterocycles. The van der Waals surface area contributed by atoms with Crippen molar-refractivity contribution in [2.45, 2.75) is 38.4 Å². The summed E-state index contributed by atoms with van der Waals surface area (Å²) in [6.45, 7) is 6.19. The second-order valence-corrected chi connectivity index (χ2v) is 7.54. The number of ether oxygens (including phenoxy) is 3. The van der Waals surface area contributed by atoms with Crippen LogP contribution in [0.15, 0.2) is 33.7 Å². The van der Waals surface area contributed by atoms with Crippen LogP contribution in [0.4, 0.5) is 0 Å². The lowest BCUT2D eigenvalue weighted by Crippen LogP contribution is -2.48. The molecule has 0 aliphatic carbocycles. The number of nitrogens with zero attached hydrogens (tertiary/aromatic N) is 2. The second-order valence-electron chi connectivity index (χ2n) is 6.69. The molecule has 6 nitrogen and oxygen atoms in total. The molecule has 28 heavy (non-hydrogen) atoms. The molecular weight excluding hydrogens is 537 g/mol. The minimum Gasteiger partial charge on any atom is -0.488 e.